The van der Waals surface area contributed by atoms with Gasteiger partial charge in [-0.3, -0.25) is 4.79 Å². The molecule has 0 saturated carbocycles. The van der Waals surface area contributed by atoms with Crippen LogP contribution >= 0.6 is 54.8 Å². The van der Waals surface area contributed by atoms with Crippen molar-refractivity contribution in [3.63, 3.8) is 0 Å². The van der Waals surface area contributed by atoms with Crippen LogP contribution in [0, 0.1) is 0 Å². The number of phenolic OH excluding ortho intramolecular Hbond substituents is 1. The van der Waals surface area contributed by atoms with E-state index in [-0.39, 0.29) is 5.75 Å². The van der Waals surface area contributed by atoms with E-state index in [1.807, 2.05) is 24.3 Å². The second-order valence-electron chi connectivity index (χ2n) is 4.77. The zero-order valence-electron chi connectivity index (χ0n) is 11.9. The predicted molar refractivity (Wildman–Crippen MR) is 105 cm³/mol. The number of aromatic hydroxyl groups is 1. The van der Waals surface area contributed by atoms with Gasteiger partial charge in [-0.15, -0.1) is 11.3 Å². The molecule has 1 aromatic heterocycles. The first kappa shape index (κ1) is 17.4. The molecule has 8 heteroatoms. The average Bonchev–Trinajstić information content (AvgIpc) is 2.89. The molecule has 0 saturated heterocycles. The third-order valence-electron chi connectivity index (χ3n) is 3.17. The molecule has 0 spiro atoms. The summed E-state index contributed by atoms with van der Waals surface area (Å²) < 4.78 is 2.23. The molecule has 3 aromatic rings. The quantitative estimate of drug-likeness (QED) is 0.375. The third-order valence-corrected chi connectivity index (χ3v) is 5.91. The Labute approximate surface area is 163 Å². The topological polar surface area (TPSA) is 61.7 Å². The maximum Gasteiger partial charge on any atom is 0.283 e. The number of benzene rings is 2. The van der Waals surface area contributed by atoms with Crippen LogP contribution in [-0.4, -0.2) is 17.2 Å². The Hall–Kier alpha value is -1.41. The van der Waals surface area contributed by atoms with Crippen molar-refractivity contribution in [3.8, 4) is 5.75 Å². The van der Waals surface area contributed by atoms with Gasteiger partial charge >= 0.3 is 0 Å². The summed E-state index contributed by atoms with van der Waals surface area (Å²) in [5.74, 6) is -0.359. The number of nitrogens with zero attached hydrogens (tertiary/aromatic N) is 1. The lowest BCUT2D eigenvalue weighted by molar-refractivity contribution is 0.0959. The smallest absolute Gasteiger partial charge is 0.283 e. The normalized spacial score (nSPS) is 11.3. The molecule has 0 atom stereocenters. The van der Waals surface area contributed by atoms with Crippen LogP contribution in [0.2, 0.25) is 5.02 Å². The molecule has 122 valence electrons. The summed E-state index contributed by atoms with van der Waals surface area (Å²) in [5, 5.41) is 15.1. The number of hydrogen-bond acceptors (Lipinski definition) is 4. The standard InChI is InChI=1S/C16H9Br2ClN2O2S/c17-9-5-8(14(22)11(18)6-9)7-20-21-16(23)15-13(19)10-3-1-2-4-12(10)24-15/h1-7,22H,(H,21,23). The van der Waals surface area contributed by atoms with E-state index in [1.54, 1.807) is 12.1 Å². The Morgan fingerprint density at radius 1 is 1.29 bits per heavy atom. The summed E-state index contributed by atoms with van der Waals surface area (Å²) in [6.07, 6.45) is 1.37. The van der Waals surface area contributed by atoms with Gasteiger partial charge in [-0.2, -0.15) is 5.10 Å². The van der Waals surface area contributed by atoms with E-state index in [1.165, 1.54) is 17.6 Å². The summed E-state index contributed by atoms with van der Waals surface area (Å²) in [4.78, 5) is 12.7. The first-order chi connectivity index (χ1) is 11.5. The van der Waals surface area contributed by atoms with Crippen molar-refractivity contribution in [2.45, 2.75) is 0 Å². The van der Waals surface area contributed by atoms with Gasteiger partial charge in [0.15, 0.2) is 0 Å². The lowest BCUT2D eigenvalue weighted by Gasteiger charge is -2.03. The number of halogens is 3. The molecular formula is C16H9Br2ClN2O2S. The summed E-state index contributed by atoms with van der Waals surface area (Å²) in [6, 6.07) is 10.9. The van der Waals surface area contributed by atoms with Gasteiger partial charge in [0.05, 0.1) is 15.7 Å². The van der Waals surface area contributed by atoms with Crippen LogP contribution in [0.3, 0.4) is 0 Å². The van der Waals surface area contributed by atoms with E-state index in [0.29, 0.717) is 19.9 Å². The number of fused-ring (bicyclic) bond motifs is 1. The number of hydrazone groups is 1. The molecule has 0 unspecified atom stereocenters. The summed E-state index contributed by atoms with van der Waals surface area (Å²) in [5.41, 5.74) is 2.89. The van der Waals surface area contributed by atoms with Gasteiger partial charge in [0, 0.05) is 20.1 Å². The maximum absolute atomic E-state index is 12.3. The molecule has 4 nitrogen and oxygen atoms in total. The van der Waals surface area contributed by atoms with Crippen LogP contribution in [0.5, 0.6) is 5.75 Å². The zero-order chi connectivity index (χ0) is 17.3. The first-order valence-electron chi connectivity index (χ1n) is 6.66. The number of carbonyl (C=O) groups is 1. The Balaban J connectivity index is 1.81. The van der Waals surface area contributed by atoms with Crippen molar-refractivity contribution < 1.29 is 9.90 Å². The molecule has 0 aliphatic rings. The second-order valence-corrected chi connectivity index (χ2v) is 7.97. The first-order valence-corrected chi connectivity index (χ1v) is 9.44. The molecule has 0 fully saturated rings. The van der Waals surface area contributed by atoms with E-state index < -0.39 is 5.91 Å². The van der Waals surface area contributed by atoms with Crippen molar-refractivity contribution in [1.29, 1.82) is 0 Å². The lowest BCUT2D eigenvalue weighted by atomic mass is 10.2. The monoisotopic (exact) mass is 486 g/mol. The largest absolute Gasteiger partial charge is 0.506 e. The van der Waals surface area contributed by atoms with Crippen LogP contribution in [0.25, 0.3) is 10.1 Å². The highest BCUT2D eigenvalue weighted by Crippen LogP contribution is 2.35. The molecule has 24 heavy (non-hydrogen) atoms. The highest BCUT2D eigenvalue weighted by Gasteiger charge is 2.16. The van der Waals surface area contributed by atoms with Gasteiger partial charge in [-0.25, -0.2) is 5.43 Å². The van der Waals surface area contributed by atoms with Crippen molar-refractivity contribution in [2.75, 3.05) is 0 Å². The van der Waals surface area contributed by atoms with Crippen molar-refractivity contribution >= 4 is 77.0 Å². The van der Waals surface area contributed by atoms with Gasteiger partial charge in [-0.05, 0) is 34.1 Å². The average molecular weight is 489 g/mol. The summed E-state index contributed by atoms with van der Waals surface area (Å²) in [7, 11) is 0. The SMILES string of the molecule is O=C(NN=Cc1cc(Br)cc(Br)c1O)c1sc2ccccc2c1Cl. The molecule has 0 bridgehead atoms. The van der Waals surface area contributed by atoms with Crippen LogP contribution in [0.1, 0.15) is 15.2 Å². The highest BCUT2D eigenvalue weighted by atomic mass is 79.9. The number of phenols is 1. The number of carbonyl (C=O) groups excluding carboxylic acids is 1. The minimum atomic E-state index is -0.397. The molecular weight excluding hydrogens is 480 g/mol. The molecule has 3 rings (SSSR count). The third kappa shape index (κ3) is 3.49. The number of thiophene rings is 1. The number of rotatable bonds is 3. The molecule has 1 heterocycles. The van der Waals surface area contributed by atoms with E-state index in [0.717, 1.165) is 14.6 Å². The minimum Gasteiger partial charge on any atom is -0.506 e. The van der Waals surface area contributed by atoms with E-state index in [4.69, 9.17) is 11.6 Å². The van der Waals surface area contributed by atoms with Crippen molar-refractivity contribution in [2.24, 2.45) is 5.10 Å². The second kappa shape index (κ2) is 7.23. The Morgan fingerprint density at radius 3 is 2.79 bits per heavy atom. The van der Waals surface area contributed by atoms with Gasteiger partial charge in [-0.1, -0.05) is 45.7 Å². The van der Waals surface area contributed by atoms with Crippen LogP contribution < -0.4 is 5.43 Å². The maximum atomic E-state index is 12.3. The fourth-order valence-corrected chi connectivity index (χ4v) is 4.72. The van der Waals surface area contributed by atoms with Crippen LogP contribution in [0.15, 0.2) is 50.4 Å². The fourth-order valence-electron chi connectivity index (χ4n) is 2.06. The van der Waals surface area contributed by atoms with Crippen LogP contribution in [0.4, 0.5) is 0 Å². The predicted octanol–water partition coefficient (Wildman–Crippen LogP) is 5.55. The molecule has 0 aliphatic heterocycles. The molecule has 0 radical (unpaired) electrons. The minimum absolute atomic E-state index is 0.0380. The van der Waals surface area contributed by atoms with Gasteiger partial charge in [0.2, 0.25) is 0 Å². The molecule has 2 N–H and O–H groups in total. The van der Waals surface area contributed by atoms with E-state index >= 15 is 0 Å². The summed E-state index contributed by atoms with van der Waals surface area (Å²) in [6.45, 7) is 0. The van der Waals surface area contributed by atoms with Crippen molar-refractivity contribution in [3.05, 3.63) is 60.8 Å². The molecule has 1 amide bonds. The van der Waals surface area contributed by atoms with Gasteiger partial charge in [0.1, 0.15) is 10.6 Å². The van der Waals surface area contributed by atoms with Gasteiger partial charge < -0.3 is 5.11 Å². The van der Waals surface area contributed by atoms with E-state index in [9.17, 15) is 9.90 Å². The Morgan fingerprint density at radius 2 is 2.04 bits per heavy atom. The molecule has 2 aromatic carbocycles. The number of nitrogens with one attached hydrogen (secondary N) is 1. The van der Waals surface area contributed by atoms with Gasteiger partial charge in [0.25, 0.3) is 5.91 Å². The van der Waals surface area contributed by atoms with Crippen molar-refractivity contribution in [1.82, 2.24) is 5.43 Å². The number of hydrogen-bond donors (Lipinski definition) is 2. The zero-order valence-corrected chi connectivity index (χ0v) is 16.6. The highest BCUT2D eigenvalue weighted by molar-refractivity contribution is 9.11. The lowest BCUT2D eigenvalue weighted by Crippen LogP contribution is -2.16. The summed E-state index contributed by atoms with van der Waals surface area (Å²) >= 11 is 14.1. The fraction of sp³-hybridized carbons (Fsp3) is 0. The Kier molecular flexibility index (Phi) is 5.24. The molecule has 0 aliphatic carbocycles. The van der Waals surface area contributed by atoms with E-state index in [2.05, 4.69) is 42.4 Å². The Bertz CT molecular complexity index is 972. The van der Waals surface area contributed by atoms with Crippen LogP contribution in [-0.2, 0) is 0 Å². The number of amides is 1.